The van der Waals surface area contributed by atoms with Gasteiger partial charge >= 0.3 is 0 Å². The quantitative estimate of drug-likeness (QED) is 0.880. The van der Waals surface area contributed by atoms with E-state index in [1.165, 1.54) is 0 Å². The lowest BCUT2D eigenvalue weighted by Crippen LogP contribution is -2.19. The van der Waals surface area contributed by atoms with Crippen LogP contribution in [-0.4, -0.2) is 21.4 Å². The van der Waals surface area contributed by atoms with Crippen molar-refractivity contribution in [3.8, 4) is 0 Å². The number of fused-ring (bicyclic) bond motifs is 1. The van der Waals surface area contributed by atoms with Gasteiger partial charge in [-0.3, -0.25) is 9.59 Å². The number of carbonyl (C=O) groups excluding carboxylic acids is 2. The van der Waals surface area contributed by atoms with Gasteiger partial charge in [0.25, 0.3) is 0 Å². The van der Waals surface area contributed by atoms with Crippen LogP contribution in [0.15, 0.2) is 30.5 Å². The van der Waals surface area contributed by atoms with Crippen LogP contribution in [0.2, 0.25) is 0 Å². The summed E-state index contributed by atoms with van der Waals surface area (Å²) < 4.78 is 2.10. The largest absolute Gasteiger partial charge is 0.326 e. The van der Waals surface area contributed by atoms with Crippen LogP contribution in [0.1, 0.15) is 37.1 Å². The van der Waals surface area contributed by atoms with Gasteiger partial charge in [-0.25, -0.2) is 4.98 Å². The van der Waals surface area contributed by atoms with Crippen LogP contribution in [0.25, 0.3) is 0 Å². The molecule has 0 atom stereocenters. The fourth-order valence-corrected chi connectivity index (χ4v) is 3.18. The molecule has 130 valence electrons. The first-order valence-electron chi connectivity index (χ1n) is 8.93. The van der Waals surface area contributed by atoms with Crippen molar-refractivity contribution in [1.29, 1.82) is 0 Å². The minimum Gasteiger partial charge on any atom is -0.326 e. The van der Waals surface area contributed by atoms with Crippen molar-refractivity contribution in [3.05, 3.63) is 41.9 Å². The van der Waals surface area contributed by atoms with Crippen LogP contribution < -0.4 is 10.6 Å². The number of hydrogen-bond donors (Lipinski definition) is 2. The normalized spacial score (nSPS) is 16.2. The zero-order chi connectivity index (χ0) is 17.2. The average molecular weight is 338 g/mol. The van der Waals surface area contributed by atoms with Gasteiger partial charge in [0.15, 0.2) is 0 Å². The summed E-state index contributed by atoms with van der Waals surface area (Å²) in [5.41, 5.74) is 1.70. The maximum Gasteiger partial charge on any atom is 0.229 e. The van der Waals surface area contributed by atoms with Gasteiger partial charge in [0, 0.05) is 24.6 Å². The predicted octanol–water partition coefficient (Wildman–Crippen LogP) is 2.75. The van der Waals surface area contributed by atoms with Crippen molar-refractivity contribution < 1.29 is 9.59 Å². The van der Waals surface area contributed by atoms with Gasteiger partial charge < -0.3 is 15.2 Å². The topological polar surface area (TPSA) is 76.0 Å². The second kappa shape index (κ2) is 6.70. The number of hydrogen-bond acceptors (Lipinski definition) is 3. The van der Waals surface area contributed by atoms with Crippen molar-refractivity contribution in [2.75, 3.05) is 10.6 Å². The predicted molar refractivity (Wildman–Crippen MR) is 95.3 cm³/mol. The Morgan fingerprint density at radius 3 is 2.68 bits per heavy atom. The minimum atomic E-state index is -0.0527. The van der Waals surface area contributed by atoms with E-state index in [1.54, 1.807) is 6.20 Å². The number of anilines is 2. The second-order valence-electron chi connectivity index (χ2n) is 6.85. The zero-order valence-corrected chi connectivity index (χ0v) is 14.1. The van der Waals surface area contributed by atoms with E-state index in [0.29, 0.717) is 6.42 Å². The van der Waals surface area contributed by atoms with Crippen molar-refractivity contribution in [2.24, 2.45) is 5.92 Å². The van der Waals surface area contributed by atoms with Crippen molar-refractivity contribution >= 4 is 23.3 Å². The summed E-state index contributed by atoms with van der Waals surface area (Å²) in [5, 5.41) is 5.86. The summed E-state index contributed by atoms with van der Waals surface area (Å²) in [4.78, 5) is 28.4. The summed E-state index contributed by atoms with van der Waals surface area (Å²) in [5.74, 6) is 2.07. The average Bonchev–Trinajstić information content (AvgIpc) is 3.40. The maximum atomic E-state index is 12.3. The van der Waals surface area contributed by atoms with E-state index in [2.05, 4.69) is 20.2 Å². The summed E-state index contributed by atoms with van der Waals surface area (Å²) in [7, 11) is 0. The van der Waals surface area contributed by atoms with Gasteiger partial charge in [-0.05, 0) is 43.4 Å². The first-order chi connectivity index (χ1) is 12.2. The van der Waals surface area contributed by atoms with Gasteiger partial charge in [-0.15, -0.1) is 0 Å². The number of carbonyl (C=O) groups is 2. The van der Waals surface area contributed by atoms with Gasteiger partial charge in [-0.1, -0.05) is 12.1 Å². The number of imidazole rings is 1. The number of aryl methyl sites for hydroxylation is 1. The van der Waals surface area contributed by atoms with Gasteiger partial charge in [0.2, 0.25) is 11.8 Å². The number of nitrogens with one attached hydrogen (secondary N) is 2. The highest BCUT2D eigenvalue weighted by Gasteiger charge is 2.29. The van der Waals surface area contributed by atoms with Crippen LogP contribution in [-0.2, 0) is 29.0 Å². The highest BCUT2D eigenvalue weighted by molar-refractivity contribution is 5.94. The van der Waals surface area contributed by atoms with E-state index in [4.69, 9.17) is 0 Å². The standard InChI is InChI=1S/C19H22N4O2/c24-18(22-17-12-20-16-3-1-2-10-23(16)17)11-13-4-8-15(9-5-13)21-19(25)14-6-7-14/h4-5,8-9,12,14H,1-3,6-7,10-11H2,(H,21,25)(H,22,24). The Labute approximate surface area is 146 Å². The molecule has 1 fully saturated rings. The Kier molecular flexibility index (Phi) is 4.26. The Bertz CT molecular complexity index is 790. The van der Waals surface area contributed by atoms with E-state index >= 15 is 0 Å². The van der Waals surface area contributed by atoms with E-state index in [9.17, 15) is 9.59 Å². The van der Waals surface area contributed by atoms with Crippen LogP contribution in [0, 0.1) is 5.92 Å². The first kappa shape index (κ1) is 15.9. The lowest BCUT2D eigenvalue weighted by molar-refractivity contribution is -0.117. The number of amides is 2. The summed E-state index contributed by atoms with van der Waals surface area (Å²) in [6.07, 6.45) is 7.29. The van der Waals surface area contributed by atoms with Crippen LogP contribution in [0.5, 0.6) is 0 Å². The number of benzene rings is 1. The van der Waals surface area contributed by atoms with Crippen LogP contribution in [0.3, 0.4) is 0 Å². The number of rotatable bonds is 5. The fraction of sp³-hybridized carbons (Fsp3) is 0.421. The second-order valence-corrected chi connectivity index (χ2v) is 6.85. The van der Waals surface area contributed by atoms with Crippen LogP contribution >= 0.6 is 0 Å². The molecule has 0 bridgehead atoms. The Balaban J connectivity index is 1.34. The molecule has 6 heteroatoms. The molecule has 1 saturated carbocycles. The molecule has 2 heterocycles. The molecule has 1 aliphatic heterocycles. The molecule has 0 radical (unpaired) electrons. The van der Waals surface area contributed by atoms with E-state index in [1.807, 2.05) is 24.3 Å². The molecular formula is C19H22N4O2. The molecule has 0 spiro atoms. The third kappa shape index (κ3) is 3.73. The lowest BCUT2D eigenvalue weighted by Gasteiger charge is -2.16. The Morgan fingerprint density at radius 1 is 1.12 bits per heavy atom. The molecule has 1 aromatic carbocycles. The van der Waals surface area contributed by atoms with Crippen LogP contribution in [0.4, 0.5) is 11.5 Å². The highest BCUT2D eigenvalue weighted by Crippen LogP contribution is 2.30. The molecule has 2 N–H and O–H groups in total. The van der Waals surface area contributed by atoms with Gasteiger partial charge in [-0.2, -0.15) is 0 Å². The lowest BCUT2D eigenvalue weighted by atomic mass is 10.1. The number of nitrogens with zero attached hydrogens (tertiary/aromatic N) is 2. The number of aromatic nitrogens is 2. The molecule has 0 unspecified atom stereocenters. The fourth-order valence-electron chi connectivity index (χ4n) is 3.18. The summed E-state index contributed by atoms with van der Waals surface area (Å²) >= 11 is 0. The minimum absolute atomic E-state index is 0.0527. The molecular weight excluding hydrogens is 316 g/mol. The third-order valence-electron chi connectivity index (χ3n) is 4.77. The molecule has 25 heavy (non-hydrogen) atoms. The smallest absolute Gasteiger partial charge is 0.229 e. The maximum absolute atomic E-state index is 12.3. The molecule has 1 aliphatic carbocycles. The monoisotopic (exact) mass is 338 g/mol. The van der Waals surface area contributed by atoms with Crippen molar-refractivity contribution in [1.82, 2.24) is 9.55 Å². The van der Waals surface area contributed by atoms with E-state index in [0.717, 1.165) is 61.5 Å². The first-order valence-corrected chi connectivity index (χ1v) is 8.93. The third-order valence-corrected chi connectivity index (χ3v) is 4.77. The summed E-state index contributed by atoms with van der Waals surface area (Å²) in [6.45, 7) is 0.917. The molecule has 2 amide bonds. The molecule has 2 aliphatic rings. The molecule has 6 nitrogen and oxygen atoms in total. The van der Waals surface area contributed by atoms with Crippen molar-refractivity contribution in [3.63, 3.8) is 0 Å². The Morgan fingerprint density at radius 2 is 1.92 bits per heavy atom. The van der Waals surface area contributed by atoms with E-state index in [-0.39, 0.29) is 17.7 Å². The van der Waals surface area contributed by atoms with Crippen molar-refractivity contribution in [2.45, 2.75) is 45.1 Å². The SMILES string of the molecule is O=C(Cc1ccc(NC(=O)C2CC2)cc1)Nc1cnc2n1CCCC2. The zero-order valence-electron chi connectivity index (χ0n) is 14.1. The molecule has 0 saturated heterocycles. The molecule has 1 aromatic heterocycles. The van der Waals surface area contributed by atoms with Gasteiger partial charge in [0.1, 0.15) is 11.6 Å². The summed E-state index contributed by atoms with van der Waals surface area (Å²) in [6, 6.07) is 7.47. The molecule has 2 aromatic rings. The Hall–Kier alpha value is -2.63. The highest BCUT2D eigenvalue weighted by atomic mass is 16.2. The molecule has 4 rings (SSSR count). The van der Waals surface area contributed by atoms with Gasteiger partial charge in [0.05, 0.1) is 12.6 Å². The van der Waals surface area contributed by atoms with E-state index < -0.39 is 0 Å².